The number of methoxy groups -OCH3 is 2. The van der Waals surface area contributed by atoms with Gasteiger partial charge in [0, 0.05) is 44.4 Å². The van der Waals surface area contributed by atoms with Gasteiger partial charge in [0.15, 0.2) is 12.6 Å². The monoisotopic (exact) mass is 733 g/mol. The number of aliphatic hydroxyl groups excluding tert-OH is 3. The molecule has 0 bridgehead atoms. The molecule has 0 saturated carbocycles. The zero-order chi connectivity index (χ0) is 38.8. The lowest BCUT2D eigenvalue weighted by Gasteiger charge is -2.49. The van der Waals surface area contributed by atoms with Crippen LogP contribution >= 0.6 is 0 Å². The van der Waals surface area contributed by atoms with Gasteiger partial charge >= 0.3 is 5.97 Å². The Kier molecular flexibility index (Phi) is 15.1. The quantitative estimate of drug-likeness (QED) is 0.228. The van der Waals surface area contributed by atoms with E-state index in [1.54, 1.807) is 55.5 Å². The molecule has 0 aliphatic carbocycles. The van der Waals surface area contributed by atoms with Gasteiger partial charge in [0.25, 0.3) is 0 Å². The van der Waals surface area contributed by atoms with Crippen molar-refractivity contribution in [2.45, 2.75) is 179 Å². The molecule has 3 heterocycles. The minimum atomic E-state index is -1.96. The fraction of sp³-hybridized carbons (Fsp3) is 0.946. The van der Waals surface area contributed by atoms with Crippen molar-refractivity contribution in [3.8, 4) is 0 Å². The van der Waals surface area contributed by atoms with Crippen molar-refractivity contribution in [3.05, 3.63) is 0 Å². The second-order valence-corrected chi connectivity index (χ2v) is 16.0. The second kappa shape index (κ2) is 17.4. The second-order valence-electron chi connectivity index (χ2n) is 16.0. The summed E-state index contributed by atoms with van der Waals surface area (Å²) in [6.07, 6.45) is -8.78. The predicted molar refractivity (Wildman–Crippen MR) is 186 cm³/mol. The zero-order valence-electron chi connectivity index (χ0n) is 33.0. The number of hydrogen-bond donors (Lipinski definition) is 5. The van der Waals surface area contributed by atoms with Crippen molar-refractivity contribution in [3.63, 3.8) is 0 Å². The third-order valence-corrected chi connectivity index (χ3v) is 12.0. The molecule has 3 aliphatic heterocycles. The average molecular weight is 734 g/mol. The zero-order valence-corrected chi connectivity index (χ0v) is 33.0. The van der Waals surface area contributed by atoms with Crippen LogP contribution in [0.2, 0.25) is 0 Å². The van der Waals surface area contributed by atoms with Crippen molar-refractivity contribution in [1.29, 1.82) is 0 Å². The van der Waals surface area contributed by atoms with Crippen molar-refractivity contribution in [1.82, 2.24) is 5.32 Å². The molecule has 3 rings (SSSR count). The van der Waals surface area contributed by atoms with Gasteiger partial charge in [-0.3, -0.25) is 9.59 Å². The average Bonchev–Trinajstić information content (AvgIpc) is 3.09. The van der Waals surface area contributed by atoms with E-state index < -0.39 is 102 Å². The summed E-state index contributed by atoms with van der Waals surface area (Å²) in [5.74, 6) is -4.47. The van der Waals surface area contributed by atoms with Gasteiger partial charge in [-0.25, -0.2) is 0 Å². The van der Waals surface area contributed by atoms with Gasteiger partial charge in [-0.05, 0) is 67.9 Å². The van der Waals surface area contributed by atoms with Gasteiger partial charge in [0.05, 0.1) is 47.6 Å². The maximum atomic E-state index is 14.1. The fourth-order valence-electron chi connectivity index (χ4n) is 8.38. The molecular weight excluding hydrogens is 666 g/mol. The lowest BCUT2D eigenvalue weighted by atomic mass is 9.74. The van der Waals surface area contributed by atoms with E-state index in [2.05, 4.69) is 5.32 Å². The highest BCUT2D eigenvalue weighted by Gasteiger charge is 2.54. The molecule has 3 fully saturated rings. The molecule has 14 nitrogen and oxygen atoms in total. The summed E-state index contributed by atoms with van der Waals surface area (Å²) in [6.45, 7) is 17.0. The lowest BCUT2D eigenvalue weighted by molar-refractivity contribution is -0.317. The topological polar surface area (TPSA) is 192 Å². The highest BCUT2D eigenvalue weighted by molar-refractivity contribution is 5.83. The number of likely N-dealkylation sites (N-methyl/N-ethyl adjacent to an activating group) is 1. The van der Waals surface area contributed by atoms with Crippen LogP contribution in [0, 0.1) is 23.7 Å². The van der Waals surface area contributed by atoms with Crippen molar-refractivity contribution in [2.24, 2.45) is 23.7 Å². The van der Waals surface area contributed by atoms with Crippen LogP contribution in [0.5, 0.6) is 0 Å². The molecule has 5 N–H and O–H groups in total. The first-order valence-electron chi connectivity index (χ1n) is 18.5. The van der Waals surface area contributed by atoms with Crippen LogP contribution in [-0.2, 0) is 42.7 Å². The number of hydrogen-bond acceptors (Lipinski definition) is 14. The van der Waals surface area contributed by atoms with E-state index in [0.717, 1.165) is 0 Å². The Labute approximate surface area is 304 Å². The molecule has 0 aromatic heterocycles. The molecule has 3 aliphatic rings. The number of ether oxygens (including phenoxy) is 7. The maximum absolute atomic E-state index is 14.1. The van der Waals surface area contributed by atoms with E-state index in [1.165, 1.54) is 21.1 Å². The van der Waals surface area contributed by atoms with Gasteiger partial charge in [-0.15, -0.1) is 0 Å². The van der Waals surface area contributed by atoms with E-state index in [4.69, 9.17) is 33.2 Å². The highest BCUT2D eigenvalue weighted by Crippen LogP contribution is 2.41. The molecule has 3 saturated heterocycles. The number of esters is 1. The van der Waals surface area contributed by atoms with Crippen LogP contribution in [0.25, 0.3) is 0 Å². The molecule has 0 radical (unpaired) electrons. The van der Waals surface area contributed by atoms with Crippen LogP contribution < -0.4 is 5.32 Å². The summed E-state index contributed by atoms with van der Waals surface area (Å²) >= 11 is 0. The molecule has 51 heavy (non-hydrogen) atoms. The Bertz CT molecular complexity index is 1160. The number of ketones is 1. The number of nitrogens with one attached hydrogen (secondary N) is 1. The Morgan fingerprint density at radius 1 is 0.863 bits per heavy atom. The van der Waals surface area contributed by atoms with Crippen LogP contribution in [0.1, 0.15) is 94.9 Å². The molecule has 0 spiro atoms. The van der Waals surface area contributed by atoms with E-state index in [9.17, 15) is 30.0 Å². The van der Waals surface area contributed by atoms with Gasteiger partial charge in [0.2, 0.25) is 0 Å². The summed E-state index contributed by atoms with van der Waals surface area (Å²) < 4.78 is 43.7. The summed E-state index contributed by atoms with van der Waals surface area (Å²) in [7, 11) is 4.75. The van der Waals surface area contributed by atoms with Gasteiger partial charge < -0.3 is 58.9 Å². The number of aliphatic hydroxyl groups is 4. The van der Waals surface area contributed by atoms with Crippen molar-refractivity contribution >= 4 is 11.8 Å². The first kappa shape index (κ1) is 44.1. The minimum absolute atomic E-state index is 0.109. The number of Topliss-reactive ketones (excluding diaryl/α,β-unsaturated/α-hetero) is 1. The Balaban J connectivity index is 2.21. The lowest BCUT2D eigenvalue weighted by Crippen LogP contribution is -2.61. The van der Waals surface area contributed by atoms with E-state index in [1.807, 2.05) is 13.8 Å². The van der Waals surface area contributed by atoms with Crippen LogP contribution in [-0.4, -0.2) is 138 Å². The molecule has 18 atom stereocenters. The molecule has 298 valence electrons. The SMILES string of the molecule is CC[C@H]1OC(=O)[C@H](C)[C@@H](O[C@H]2C[C@@](C)(OC)[C@@H](O)[C@H](C)O2)[C@H](C)[C@@H](O[C@@H]2O[C@H](C)C[C@H](NC)[C@@H]2O)[C@](C)(OC)C[C@@H](C)C(=O)[C@H](C)[C@@H](O)[C@]1(C)O. The molecule has 0 amide bonds. The first-order valence-corrected chi connectivity index (χ1v) is 18.5. The molecule has 0 aromatic carbocycles. The van der Waals surface area contributed by atoms with Crippen LogP contribution in [0.3, 0.4) is 0 Å². The van der Waals surface area contributed by atoms with E-state index >= 15 is 0 Å². The highest BCUT2D eigenvalue weighted by atomic mass is 16.7. The third kappa shape index (κ3) is 9.33. The fourth-order valence-corrected chi connectivity index (χ4v) is 8.38. The Hall–Kier alpha value is -1.30. The van der Waals surface area contributed by atoms with Crippen molar-refractivity contribution < 1.29 is 63.2 Å². The summed E-state index contributed by atoms with van der Waals surface area (Å²) in [5.41, 5.74) is -4.24. The smallest absolute Gasteiger partial charge is 0.311 e. The van der Waals surface area contributed by atoms with Gasteiger partial charge in [-0.1, -0.05) is 27.7 Å². The van der Waals surface area contributed by atoms with Gasteiger partial charge in [-0.2, -0.15) is 0 Å². The number of carbonyl (C=O) groups excluding carboxylic acids is 2. The van der Waals surface area contributed by atoms with Crippen LogP contribution in [0.15, 0.2) is 0 Å². The van der Waals surface area contributed by atoms with E-state index in [0.29, 0.717) is 6.42 Å². The Morgan fingerprint density at radius 2 is 1.47 bits per heavy atom. The predicted octanol–water partition coefficient (Wildman–Crippen LogP) is 2.10. The number of carbonyl (C=O) groups is 2. The third-order valence-electron chi connectivity index (χ3n) is 12.0. The summed E-state index contributed by atoms with van der Waals surface area (Å²) in [4.78, 5) is 28.1. The molecule has 0 aromatic rings. The normalized spacial score (nSPS) is 49.6. The minimum Gasteiger partial charge on any atom is -0.459 e. The number of cyclic esters (lactones) is 1. The Morgan fingerprint density at radius 3 is 2.02 bits per heavy atom. The van der Waals surface area contributed by atoms with Crippen LogP contribution in [0.4, 0.5) is 0 Å². The molecule has 0 unspecified atom stereocenters. The molecular formula is C37H67NO13. The first-order chi connectivity index (χ1) is 23.6. The number of rotatable bonds is 8. The largest absolute Gasteiger partial charge is 0.459 e. The molecule has 14 heteroatoms. The standard InChI is InChI=1S/C37H67NO13/c1-14-25-37(10,44)30(41)20(4)27(39)18(2)16-36(9,46-13)32(51-34-28(40)24(38-11)15-19(3)47-34)21(5)29(22(6)33(43)49-25)50-26-17-35(8,45-12)31(42)23(7)48-26/h18-26,28-32,34,38,40-42,44H,14-17H2,1-13H3/t18-,19-,20+,21+,22-,23+,24+,25-,26+,28+,29+,30-,31+,32-,34+,35-,36-,37-/m1/s1. The summed E-state index contributed by atoms with van der Waals surface area (Å²) in [6, 6.07) is -0.334. The van der Waals surface area contributed by atoms with E-state index in [-0.39, 0.29) is 37.2 Å². The summed E-state index contributed by atoms with van der Waals surface area (Å²) in [5, 5.41) is 48.4. The maximum Gasteiger partial charge on any atom is 0.311 e. The van der Waals surface area contributed by atoms with Crippen molar-refractivity contribution in [2.75, 3.05) is 21.3 Å². The van der Waals surface area contributed by atoms with Gasteiger partial charge in [0.1, 0.15) is 29.7 Å².